The first-order valence-electron chi connectivity index (χ1n) is 6.36. The fourth-order valence-corrected chi connectivity index (χ4v) is 2.21. The van der Waals surface area contributed by atoms with E-state index in [1.807, 2.05) is 5.92 Å². The van der Waals surface area contributed by atoms with Gasteiger partial charge in [-0.05, 0) is 18.9 Å². The van der Waals surface area contributed by atoms with Gasteiger partial charge in [-0.15, -0.1) is 6.42 Å². The van der Waals surface area contributed by atoms with E-state index in [9.17, 15) is 23.1 Å². The maximum atomic E-state index is 13.1. The number of carbonyl (C=O) groups excluding carboxylic acids is 1. The van der Waals surface area contributed by atoms with Gasteiger partial charge in [0.1, 0.15) is 12.0 Å². The number of amides is 1. The van der Waals surface area contributed by atoms with Gasteiger partial charge in [0.2, 0.25) is 11.5 Å². The number of aliphatic hydroxyl groups excluding tert-OH is 1. The molecule has 1 aliphatic rings. The minimum absolute atomic E-state index is 0.0147. The Morgan fingerprint density at radius 1 is 1.61 bits per heavy atom. The molecule has 2 atom stereocenters. The molecule has 1 aromatic rings. The predicted molar refractivity (Wildman–Crippen MR) is 71.3 cm³/mol. The Hall–Kier alpha value is -2.31. The fraction of sp³-hybridized carbons (Fsp3) is 0.429. The van der Waals surface area contributed by atoms with Gasteiger partial charge in [0.05, 0.1) is 12.3 Å². The Kier molecular flexibility index (Phi) is 3.79. The molecule has 2 rings (SSSR count). The molecule has 4 N–H and O–H groups in total. The molecule has 0 bridgehead atoms. The van der Waals surface area contributed by atoms with Crippen LogP contribution in [-0.4, -0.2) is 40.5 Å². The highest BCUT2D eigenvalue weighted by Crippen LogP contribution is 2.44. The average Bonchev–Trinajstić information content (AvgIpc) is 2.83. The molecule has 0 saturated carbocycles. The Balaban J connectivity index is 2.77. The predicted octanol–water partition coefficient (Wildman–Crippen LogP) is -0.0595. The number of primary amides is 1. The zero-order valence-corrected chi connectivity index (χ0v) is 11.9. The quantitative estimate of drug-likeness (QED) is 0.674. The summed E-state index contributed by atoms with van der Waals surface area (Å²) in [6, 6.07) is 0.831. The van der Waals surface area contributed by atoms with Crippen LogP contribution in [0.15, 0.2) is 6.07 Å². The van der Waals surface area contributed by atoms with Crippen LogP contribution in [0.2, 0.25) is 0 Å². The number of rotatable bonds is 3. The Labute approximate surface area is 129 Å². The molecule has 1 aliphatic heterocycles. The molecule has 1 unspecified atom stereocenters. The van der Waals surface area contributed by atoms with Crippen molar-refractivity contribution >= 4 is 5.91 Å². The lowest BCUT2D eigenvalue weighted by atomic mass is 9.82. The number of aromatic nitrogens is 1. The molecule has 124 valence electrons. The monoisotopic (exact) mass is 330 g/mol. The summed E-state index contributed by atoms with van der Waals surface area (Å²) in [4.78, 5) is 15.2. The van der Waals surface area contributed by atoms with Gasteiger partial charge in [-0.3, -0.25) is 4.79 Å². The summed E-state index contributed by atoms with van der Waals surface area (Å²) in [5.74, 6) is 1.16. The Bertz CT molecular complexity index is 713. The number of ether oxygens (including phenoxy) is 1. The number of fused-ring (bicyclic) bond motifs is 1. The van der Waals surface area contributed by atoms with Gasteiger partial charge >= 0.3 is 6.18 Å². The van der Waals surface area contributed by atoms with Gasteiger partial charge in [-0.2, -0.15) is 13.2 Å². The second-order valence-electron chi connectivity index (χ2n) is 5.38. The molecule has 0 fully saturated rings. The van der Waals surface area contributed by atoms with Crippen molar-refractivity contribution in [2.75, 3.05) is 13.2 Å². The van der Waals surface area contributed by atoms with E-state index in [0.717, 1.165) is 6.07 Å². The molecule has 0 saturated heterocycles. The topological polar surface area (TPSA) is 106 Å². The third kappa shape index (κ3) is 2.31. The number of aliphatic hydroxyl groups is 2. The van der Waals surface area contributed by atoms with Crippen molar-refractivity contribution in [2.24, 2.45) is 5.73 Å². The number of hydrogen-bond donors (Lipinski definition) is 3. The summed E-state index contributed by atoms with van der Waals surface area (Å²) in [5.41, 5.74) is -1.04. The van der Waals surface area contributed by atoms with Crippen LogP contribution in [0.4, 0.5) is 13.2 Å². The third-order valence-corrected chi connectivity index (χ3v) is 3.87. The second-order valence-corrected chi connectivity index (χ2v) is 5.38. The van der Waals surface area contributed by atoms with Gasteiger partial charge in [0.25, 0.3) is 0 Å². The first-order valence-corrected chi connectivity index (χ1v) is 6.36. The molecule has 23 heavy (non-hydrogen) atoms. The summed E-state index contributed by atoms with van der Waals surface area (Å²) >= 11 is 0. The van der Waals surface area contributed by atoms with Crippen LogP contribution in [-0.2, 0) is 15.8 Å². The molecule has 1 aromatic heterocycles. The summed E-state index contributed by atoms with van der Waals surface area (Å²) in [6.45, 7) is -0.516. The van der Waals surface area contributed by atoms with E-state index in [1.165, 1.54) is 6.92 Å². The van der Waals surface area contributed by atoms with E-state index in [2.05, 4.69) is 4.98 Å². The number of alkyl halides is 3. The van der Waals surface area contributed by atoms with Crippen LogP contribution in [0.3, 0.4) is 0 Å². The van der Waals surface area contributed by atoms with Gasteiger partial charge in [0, 0.05) is 5.56 Å². The van der Waals surface area contributed by atoms with Crippen LogP contribution in [0.5, 0.6) is 5.75 Å². The van der Waals surface area contributed by atoms with Gasteiger partial charge in [-0.25, -0.2) is 4.98 Å². The van der Waals surface area contributed by atoms with Crippen LogP contribution >= 0.6 is 0 Å². The van der Waals surface area contributed by atoms with Crippen molar-refractivity contribution in [1.29, 1.82) is 0 Å². The number of nitrogens with zero attached hydrogens (tertiary/aromatic N) is 1. The minimum atomic E-state index is -5.21. The van der Waals surface area contributed by atoms with Crippen LogP contribution in [0.1, 0.15) is 23.9 Å². The summed E-state index contributed by atoms with van der Waals surface area (Å²) in [5, 5.41) is 18.9. The number of nitrogens with two attached hydrogens (primary N) is 1. The summed E-state index contributed by atoms with van der Waals surface area (Å²) in [6.07, 6.45) is 0.00530. The fourth-order valence-electron chi connectivity index (χ4n) is 2.21. The highest BCUT2D eigenvalue weighted by atomic mass is 19.4. The first kappa shape index (κ1) is 17.1. The molecule has 0 aliphatic carbocycles. The lowest BCUT2D eigenvalue weighted by Gasteiger charge is -2.29. The number of carbonyl (C=O) groups is 1. The summed E-state index contributed by atoms with van der Waals surface area (Å²) < 4.78 is 44.6. The largest absolute Gasteiger partial charge is 0.489 e. The van der Waals surface area contributed by atoms with E-state index in [4.69, 9.17) is 22.0 Å². The molecule has 2 heterocycles. The molecule has 6 nitrogen and oxygen atoms in total. The zero-order chi connectivity index (χ0) is 17.6. The number of terminal acetylenes is 1. The van der Waals surface area contributed by atoms with E-state index in [-0.39, 0.29) is 23.6 Å². The summed E-state index contributed by atoms with van der Waals surface area (Å²) in [7, 11) is 0. The second kappa shape index (κ2) is 5.11. The smallest absolute Gasteiger partial charge is 0.425 e. The van der Waals surface area contributed by atoms with Crippen molar-refractivity contribution in [3.8, 4) is 18.1 Å². The number of halogens is 3. The molecule has 0 spiro atoms. The Morgan fingerprint density at radius 2 is 2.22 bits per heavy atom. The molecule has 0 aromatic carbocycles. The minimum Gasteiger partial charge on any atom is -0.489 e. The Morgan fingerprint density at radius 3 is 2.65 bits per heavy atom. The maximum Gasteiger partial charge on any atom is 0.425 e. The third-order valence-electron chi connectivity index (χ3n) is 3.87. The lowest BCUT2D eigenvalue weighted by molar-refractivity contribution is -0.279. The molecule has 9 heteroatoms. The normalized spacial score (nSPS) is 22.7. The van der Waals surface area contributed by atoms with Gasteiger partial charge in [-0.1, -0.05) is 0 Å². The van der Waals surface area contributed by atoms with E-state index in [1.54, 1.807) is 0 Å². The average molecular weight is 330 g/mol. The van der Waals surface area contributed by atoms with E-state index >= 15 is 0 Å². The van der Waals surface area contributed by atoms with Crippen molar-refractivity contribution in [3.05, 3.63) is 23.0 Å². The molecule has 0 radical (unpaired) electrons. The highest BCUT2D eigenvalue weighted by Gasteiger charge is 2.57. The SMILES string of the molecule is C#Cc1nc(C(O)(CO)C(F)(F)F)cc2c1OC[C@]2(C)C(N)=O. The highest BCUT2D eigenvalue weighted by molar-refractivity contribution is 5.88. The van der Waals surface area contributed by atoms with Crippen LogP contribution in [0, 0.1) is 12.3 Å². The standard InChI is InChI=1S/C14H13F3N2O4/c1-3-8-10-7(12(2,6-23-10)11(18)21)4-9(19-8)13(22,5-20)14(15,16)17/h1,4,20,22H,5-6H2,2H3,(H2,18,21)/t12-,13?/m0/s1. The van der Waals surface area contributed by atoms with Crippen molar-refractivity contribution < 1.29 is 32.9 Å². The lowest BCUT2D eigenvalue weighted by Crippen LogP contribution is -2.46. The van der Waals surface area contributed by atoms with Gasteiger partial charge < -0.3 is 20.7 Å². The van der Waals surface area contributed by atoms with Crippen molar-refractivity contribution in [2.45, 2.75) is 24.1 Å². The van der Waals surface area contributed by atoms with Crippen LogP contribution < -0.4 is 10.5 Å². The van der Waals surface area contributed by atoms with Crippen molar-refractivity contribution in [1.82, 2.24) is 4.98 Å². The maximum absolute atomic E-state index is 13.1. The molecular weight excluding hydrogens is 317 g/mol. The van der Waals surface area contributed by atoms with E-state index < -0.39 is 35.4 Å². The number of pyridine rings is 1. The van der Waals surface area contributed by atoms with Gasteiger partial charge in [0.15, 0.2) is 11.4 Å². The van der Waals surface area contributed by atoms with Crippen molar-refractivity contribution in [3.63, 3.8) is 0 Å². The molecule has 1 amide bonds. The first-order chi connectivity index (χ1) is 10.5. The van der Waals surface area contributed by atoms with E-state index in [0.29, 0.717) is 0 Å². The number of hydrogen-bond acceptors (Lipinski definition) is 5. The van der Waals surface area contributed by atoms with Crippen LogP contribution in [0.25, 0.3) is 0 Å². The zero-order valence-electron chi connectivity index (χ0n) is 11.9. The molecular formula is C14H13F3N2O4.